The van der Waals surface area contributed by atoms with Gasteiger partial charge in [0.05, 0.1) is 18.8 Å². The van der Waals surface area contributed by atoms with Gasteiger partial charge >= 0.3 is 0 Å². The Morgan fingerprint density at radius 2 is 2.15 bits per heavy atom. The van der Waals surface area contributed by atoms with E-state index in [-0.39, 0.29) is 12.2 Å². The van der Waals surface area contributed by atoms with Crippen LogP contribution in [0.2, 0.25) is 0 Å². The van der Waals surface area contributed by atoms with E-state index in [1.165, 1.54) is 5.56 Å². The summed E-state index contributed by atoms with van der Waals surface area (Å²) in [6.45, 7) is 7.96. The van der Waals surface area contributed by atoms with Crippen LogP contribution in [0.25, 0.3) is 0 Å². The molecular formula is C17H23NO2. The fourth-order valence-electron chi connectivity index (χ4n) is 2.48. The van der Waals surface area contributed by atoms with E-state index in [1.807, 2.05) is 12.1 Å². The first-order valence-electron chi connectivity index (χ1n) is 7.15. The van der Waals surface area contributed by atoms with Crippen LogP contribution in [0.15, 0.2) is 24.3 Å². The number of hydrogen-bond acceptors (Lipinski definition) is 3. The summed E-state index contributed by atoms with van der Waals surface area (Å²) in [5.41, 5.74) is 2.23. The third-order valence-electron chi connectivity index (χ3n) is 3.38. The second kappa shape index (κ2) is 6.90. The summed E-state index contributed by atoms with van der Waals surface area (Å²) < 4.78 is 5.75. The minimum Gasteiger partial charge on any atom is -0.395 e. The maximum absolute atomic E-state index is 8.81. The average Bonchev–Trinajstić information content (AvgIpc) is 2.40. The zero-order valence-corrected chi connectivity index (χ0v) is 12.4. The Balaban J connectivity index is 2.08. The number of morpholine rings is 1. The Labute approximate surface area is 121 Å². The Morgan fingerprint density at radius 1 is 1.35 bits per heavy atom. The van der Waals surface area contributed by atoms with Crippen molar-refractivity contribution in [3.05, 3.63) is 35.4 Å². The van der Waals surface area contributed by atoms with Gasteiger partial charge in [-0.05, 0) is 25.5 Å². The second-order valence-electron chi connectivity index (χ2n) is 5.75. The first-order valence-corrected chi connectivity index (χ1v) is 7.15. The molecule has 3 nitrogen and oxygen atoms in total. The number of ether oxygens (including phenoxy) is 1. The fourth-order valence-corrected chi connectivity index (χ4v) is 2.48. The maximum atomic E-state index is 8.81. The van der Waals surface area contributed by atoms with E-state index in [2.05, 4.69) is 42.7 Å². The quantitative estimate of drug-likeness (QED) is 0.855. The van der Waals surface area contributed by atoms with Crippen molar-refractivity contribution in [3.8, 4) is 11.8 Å². The van der Waals surface area contributed by atoms with Crippen molar-refractivity contribution in [2.45, 2.75) is 32.4 Å². The number of aliphatic hydroxyl groups excluding tert-OH is 1. The van der Waals surface area contributed by atoms with Crippen LogP contribution in [0.1, 0.15) is 31.4 Å². The lowest BCUT2D eigenvalue weighted by atomic mass is 10.0. The van der Waals surface area contributed by atoms with Crippen LogP contribution in [0.4, 0.5) is 0 Å². The van der Waals surface area contributed by atoms with Gasteiger partial charge in [0.2, 0.25) is 0 Å². The third-order valence-corrected chi connectivity index (χ3v) is 3.38. The molecule has 0 atom stereocenters. The molecule has 1 aliphatic rings. The number of nitrogens with zero attached hydrogens (tertiary/aromatic N) is 1. The number of hydrogen-bond donors (Lipinski definition) is 1. The standard InChI is InChI=1S/C17H23NO2/c1-17(2)14-18(10-12-20-17)13-16-9-4-3-7-15(16)8-5-6-11-19/h3-4,7,9,19H,6,10-14H2,1-2H3. The highest BCUT2D eigenvalue weighted by Gasteiger charge is 2.27. The molecular weight excluding hydrogens is 250 g/mol. The minimum atomic E-state index is -0.0737. The predicted molar refractivity (Wildman–Crippen MR) is 80.3 cm³/mol. The third kappa shape index (κ3) is 4.35. The molecule has 0 unspecified atom stereocenters. The molecule has 1 aliphatic heterocycles. The maximum Gasteiger partial charge on any atom is 0.0753 e. The van der Waals surface area contributed by atoms with Crippen molar-refractivity contribution in [2.24, 2.45) is 0 Å². The Kier molecular flexibility index (Phi) is 5.19. The van der Waals surface area contributed by atoms with Crippen molar-refractivity contribution in [3.63, 3.8) is 0 Å². The molecule has 0 spiro atoms. The van der Waals surface area contributed by atoms with Gasteiger partial charge in [-0.15, -0.1) is 0 Å². The average molecular weight is 273 g/mol. The molecule has 108 valence electrons. The Morgan fingerprint density at radius 3 is 2.90 bits per heavy atom. The summed E-state index contributed by atoms with van der Waals surface area (Å²) in [6.07, 6.45) is 0.527. The van der Waals surface area contributed by atoms with Gasteiger partial charge in [0, 0.05) is 31.6 Å². The van der Waals surface area contributed by atoms with E-state index in [4.69, 9.17) is 9.84 Å². The van der Waals surface area contributed by atoms with Crippen LogP contribution in [0.5, 0.6) is 0 Å². The molecule has 0 aliphatic carbocycles. The molecule has 3 heteroatoms. The lowest BCUT2D eigenvalue weighted by molar-refractivity contribution is -0.0882. The normalized spacial score (nSPS) is 18.4. The van der Waals surface area contributed by atoms with Gasteiger partial charge < -0.3 is 9.84 Å². The van der Waals surface area contributed by atoms with Crippen LogP contribution >= 0.6 is 0 Å². The molecule has 1 saturated heterocycles. The predicted octanol–water partition coefficient (Wildman–Crippen LogP) is 2.03. The van der Waals surface area contributed by atoms with Gasteiger partial charge in [0.15, 0.2) is 0 Å². The number of aliphatic hydroxyl groups is 1. The molecule has 1 heterocycles. The first-order chi connectivity index (χ1) is 9.61. The molecule has 2 rings (SSSR count). The van der Waals surface area contributed by atoms with Crippen LogP contribution in [-0.4, -0.2) is 41.9 Å². The van der Waals surface area contributed by atoms with Crippen LogP contribution < -0.4 is 0 Å². The van der Waals surface area contributed by atoms with E-state index in [1.54, 1.807) is 0 Å². The molecule has 1 N–H and O–H groups in total. The zero-order valence-electron chi connectivity index (χ0n) is 12.4. The van der Waals surface area contributed by atoms with Gasteiger partial charge in [0.1, 0.15) is 0 Å². The van der Waals surface area contributed by atoms with Crippen molar-refractivity contribution >= 4 is 0 Å². The van der Waals surface area contributed by atoms with Crippen LogP contribution in [0, 0.1) is 11.8 Å². The molecule has 0 radical (unpaired) electrons. The Bertz CT molecular complexity index is 499. The summed E-state index contributed by atoms with van der Waals surface area (Å²) >= 11 is 0. The topological polar surface area (TPSA) is 32.7 Å². The summed E-state index contributed by atoms with van der Waals surface area (Å²) in [5.74, 6) is 6.16. The summed E-state index contributed by atoms with van der Waals surface area (Å²) in [4.78, 5) is 2.41. The molecule has 1 aromatic carbocycles. The van der Waals surface area contributed by atoms with Crippen molar-refractivity contribution in [1.29, 1.82) is 0 Å². The van der Waals surface area contributed by atoms with E-state index in [0.29, 0.717) is 6.42 Å². The van der Waals surface area contributed by atoms with E-state index in [0.717, 1.165) is 31.8 Å². The molecule has 0 amide bonds. The minimum absolute atomic E-state index is 0.0737. The lowest BCUT2D eigenvalue weighted by Crippen LogP contribution is -2.47. The summed E-state index contributed by atoms with van der Waals surface area (Å²) in [7, 11) is 0. The highest BCUT2D eigenvalue weighted by Crippen LogP contribution is 2.19. The van der Waals surface area contributed by atoms with E-state index in [9.17, 15) is 0 Å². The number of benzene rings is 1. The summed E-state index contributed by atoms with van der Waals surface area (Å²) in [6, 6.07) is 8.24. The molecule has 0 saturated carbocycles. The fraction of sp³-hybridized carbons (Fsp3) is 0.529. The summed E-state index contributed by atoms with van der Waals surface area (Å²) in [5, 5.41) is 8.81. The second-order valence-corrected chi connectivity index (χ2v) is 5.75. The van der Waals surface area contributed by atoms with Crippen LogP contribution in [-0.2, 0) is 11.3 Å². The Hall–Kier alpha value is -1.34. The van der Waals surface area contributed by atoms with E-state index >= 15 is 0 Å². The largest absolute Gasteiger partial charge is 0.395 e. The number of rotatable bonds is 3. The molecule has 20 heavy (non-hydrogen) atoms. The SMILES string of the molecule is CC1(C)CN(Cc2ccccc2C#CCCO)CCO1. The van der Waals surface area contributed by atoms with Gasteiger partial charge in [0.25, 0.3) is 0 Å². The highest BCUT2D eigenvalue weighted by molar-refractivity contribution is 5.41. The van der Waals surface area contributed by atoms with Gasteiger partial charge in [-0.3, -0.25) is 4.90 Å². The molecule has 1 aromatic rings. The van der Waals surface area contributed by atoms with Gasteiger partial charge in [-0.25, -0.2) is 0 Å². The van der Waals surface area contributed by atoms with E-state index < -0.39 is 0 Å². The lowest BCUT2D eigenvalue weighted by Gasteiger charge is -2.38. The van der Waals surface area contributed by atoms with Crippen molar-refractivity contribution in [2.75, 3.05) is 26.3 Å². The van der Waals surface area contributed by atoms with Gasteiger partial charge in [-0.1, -0.05) is 30.0 Å². The first kappa shape index (κ1) is 15.1. The monoisotopic (exact) mass is 273 g/mol. The van der Waals surface area contributed by atoms with Gasteiger partial charge in [-0.2, -0.15) is 0 Å². The van der Waals surface area contributed by atoms with Crippen molar-refractivity contribution < 1.29 is 9.84 Å². The van der Waals surface area contributed by atoms with Crippen molar-refractivity contribution in [1.82, 2.24) is 4.90 Å². The van der Waals surface area contributed by atoms with Crippen LogP contribution in [0.3, 0.4) is 0 Å². The zero-order chi connectivity index (χ0) is 14.4. The molecule has 0 bridgehead atoms. The smallest absolute Gasteiger partial charge is 0.0753 e. The molecule has 0 aromatic heterocycles. The molecule has 1 fully saturated rings. The highest BCUT2D eigenvalue weighted by atomic mass is 16.5.